The molecule has 1 fully saturated rings. The van der Waals surface area contributed by atoms with Gasteiger partial charge in [0, 0.05) is 39.3 Å². The molecule has 8 heteroatoms. The highest BCUT2D eigenvalue weighted by Gasteiger charge is 2.34. The number of halogens is 2. The van der Waals surface area contributed by atoms with Crippen LogP contribution in [0.4, 0.5) is 5.82 Å². The fraction of sp³-hybridized carbons (Fsp3) is 0.455. The van der Waals surface area contributed by atoms with Gasteiger partial charge in [0.15, 0.2) is 0 Å². The van der Waals surface area contributed by atoms with Gasteiger partial charge in [-0.05, 0) is 41.1 Å². The highest BCUT2D eigenvalue weighted by atomic mass is 127. The number of hydrogen-bond acceptors (Lipinski definition) is 4. The molecule has 5 nitrogen and oxygen atoms in total. The second-order valence-electron chi connectivity index (χ2n) is 4.57. The summed E-state index contributed by atoms with van der Waals surface area (Å²) in [6.07, 6.45) is 1.88. The van der Waals surface area contributed by atoms with Crippen LogP contribution in [-0.2, 0) is 13.8 Å². The van der Waals surface area contributed by atoms with Crippen molar-refractivity contribution in [2.24, 2.45) is 5.92 Å². The molecule has 1 atom stereocenters. The topological polar surface area (TPSA) is 67.3 Å². The van der Waals surface area contributed by atoms with Gasteiger partial charge >= 0.3 is 0 Å². The van der Waals surface area contributed by atoms with E-state index in [0.29, 0.717) is 12.4 Å². The molecule has 1 aliphatic heterocycles. The summed E-state index contributed by atoms with van der Waals surface area (Å²) < 4.78 is 23.1. The predicted octanol–water partition coefficient (Wildman–Crippen LogP) is 1.92. The average Bonchev–Trinajstić information content (AvgIpc) is 2.56. The van der Waals surface area contributed by atoms with E-state index in [9.17, 15) is 13.2 Å². The van der Waals surface area contributed by atoms with Crippen LogP contribution >= 0.6 is 33.3 Å². The van der Waals surface area contributed by atoms with Gasteiger partial charge in [-0.1, -0.05) is 0 Å². The number of aromatic nitrogens is 1. The zero-order chi connectivity index (χ0) is 14.2. The molecule has 0 saturated carbocycles. The molecule has 19 heavy (non-hydrogen) atoms. The van der Waals surface area contributed by atoms with Gasteiger partial charge in [-0.15, -0.1) is 0 Å². The standard InChI is InChI=1S/C11H12ClIN2O3S/c1-7-2-9(13)4-14-11(7)15-5-8(3-10(15)16)6-19(12,17)18/h2,4,8H,3,5-6H2,1H3. The maximum absolute atomic E-state index is 12.0. The van der Waals surface area contributed by atoms with Gasteiger partial charge in [-0.3, -0.25) is 9.69 Å². The van der Waals surface area contributed by atoms with E-state index in [-0.39, 0.29) is 24.0 Å². The Balaban J connectivity index is 2.20. The number of rotatable bonds is 3. The van der Waals surface area contributed by atoms with Gasteiger partial charge in [-0.25, -0.2) is 13.4 Å². The molecule has 2 heterocycles. The molecule has 1 amide bonds. The summed E-state index contributed by atoms with van der Waals surface area (Å²) in [5.41, 5.74) is 0.898. The molecule has 0 spiro atoms. The van der Waals surface area contributed by atoms with E-state index >= 15 is 0 Å². The second kappa shape index (κ2) is 5.53. The van der Waals surface area contributed by atoms with Gasteiger partial charge in [0.05, 0.1) is 5.75 Å². The second-order valence-corrected chi connectivity index (χ2v) is 8.64. The van der Waals surface area contributed by atoms with Crippen LogP contribution in [0.1, 0.15) is 12.0 Å². The molecule has 0 N–H and O–H groups in total. The van der Waals surface area contributed by atoms with Crippen LogP contribution in [0.25, 0.3) is 0 Å². The lowest BCUT2D eigenvalue weighted by Gasteiger charge is -2.17. The normalized spacial score (nSPS) is 20.1. The third kappa shape index (κ3) is 3.79. The summed E-state index contributed by atoms with van der Waals surface area (Å²) in [4.78, 5) is 17.8. The summed E-state index contributed by atoms with van der Waals surface area (Å²) in [7, 11) is 1.65. The van der Waals surface area contributed by atoms with Gasteiger partial charge in [-0.2, -0.15) is 0 Å². The Morgan fingerprint density at radius 3 is 2.84 bits per heavy atom. The maximum Gasteiger partial charge on any atom is 0.232 e. The largest absolute Gasteiger partial charge is 0.296 e. The first-order chi connectivity index (χ1) is 8.76. The van der Waals surface area contributed by atoms with Crippen LogP contribution in [0, 0.1) is 16.4 Å². The third-order valence-corrected chi connectivity index (χ3v) is 4.75. The average molecular weight is 415 g/mol. The van der Waals surface area contributed by atoms with Crippen LogP contribution < -0.4 is 4.90 Å². The van der Waals surface area contributed by atoms with Crippen molar-refractivity contribution in [3.63, 3.8) is 0 Å². The van der Waals surface area contributed by atoms with E-state index in [1.54, 1.807) is 6.20 Å². The lowest BCUT2D eigenvalue weighted by Crippen LogP contribution is -2.27. The number of aryl methyl sites for hydroxylation is 1. The third-order valence-electron chi connectivity index (χ3n) is 2.91. The lowest BCUT2D eigenvalue weighted by atomic mass is 10.1. The summed E-state index contributed by atoms with van der Waals surface area (Å²) >= 11 is 2.15. The van der Waals surface area contributed by atoms with Crippen LogP contribution in [0.2, 0.25) is 0 Å². The smallest absolute Gasteiger partial charge is 0.232 e. The number of nitrogens with zero attached hydrogens (tertiary/aromatic N) is 2. The van der Waals surface area contributed by atoms with E-state index in [2.05, 4.69) is 27.6 Å². The van der Waals surface area contributed by atoms with E-state index in [1.807, 2.05) is 13.0 Å². The minimum absolute atomic E-state index is 0.109. The lowest BCUT2D eigenvalue weighted by molar-refractivity contribution is -0.117. The molecule has 2 rings (SSSR count). The van der Waals surface area contributed by atoms with Gasteiger partial charge < -0.3 is 0 Å². The Hall–Kier alpha value is -0.410. The van der Waals surface area contributed by atoms with E-state index in [1.165, 1.54) is 4.90 Å². The minimum atomic E-state index is -3.58. The summed E-state index contributed by atoms with van der Waals surface area (Å²) in [5.74, 6) is 0.0396. The van der Waals surface area contributed by atoms with Crippen molar-refractivity contribution in [2.75, 3.05) is 17.2 Å². The molecule has 1 aromatic heterocycles. The number of amides is 1. The highest BCUT2D eigenvalue weighted by molar-refractivity contribution is 14.1. The number of pyridine rings is 1. The quantitative estimate of drug-likeness (QED) is 0.560. The van der Waals surface area contributed by atoms with Crippen LogP contribution in [0.5, 0.6) is 0 Å². The van der Waals surface area contributed by atoms with Gasteiger partial charge in [0.25, 0.3) is 0 Å². The Labute approximate surface area is 129 Å². The summed E-state index contributed by atoms with van der Waals surface area (Å²) in [5, 5.41) is 0. The number of anilines is 1. The minimum Gasteiger partial charge on any atom is -0.296 e. The van der Waals surface area contributed by atoms with Crippen molar-refractivity contribution >= 4 is 54.0 Å². The van der Waals surface area contributed by atoms with Crippen LogP contribution in [0.3, 0.4) is 0 Å². The van der Waals surface area contributed by atoms with Crippen molar-refractivity contribution < 1.29 is 13.2 Å². The number of carbonyl (C=O) groups excluding carboxylic acids is 1. The first-order valence-corrected chi connectivity index (χ1v) is 9.17. The molecule has 0 radical (unpaired) electrons. The molecular weight excluding hydrogens is 403 g/mol. The fourth-order valence-electron chi connectivity index (χ4n) is 2.20. The monoisotopic (exact) mass is 414 g/mol. The zero-order valence-corrected chi connectivity index (χ0v) is 13.9. The first-order valence-electron chi connectivity index (χ1n) is 5.61. The van der Waals surface area contributed by atoms with Crippen molar-refractivity contribution in [1.29, 1.82) is 0 Å². The van der Waals surface area contributed by atoms with Crippen molar-refractivity contribution in [3.8, 4) is 0 Å². The first kappa shape index (κ1) is 15.0. The molecule has 0 bridgehead atoms. The Morgan fingerprint density at radius 1 is 1.58 bits per heavy atom. The molecule has 1 saturated heterocycles. The van der Waals surface area contributed by atoms with Crippen LogP contribution in [0.15, 0.2) is 12.3 Å². The molecule has 0 aliphatic carbocycles. The number of hydrogen-bond donors (Lipinski definition) is 0. The van der Waals surface area contributed by atoms with Crippen LogP contribution in [-0.4, -0.2) is 31.6 Å². The molecular formula is C11H12ClIN2O3S. The predicted molar refractivity (Wildman–Crippen MR) is 81.8 cm³/mol. The van der Waals surface area contributed by atoms with Crippen molar-refractivity contribution in [1.82, 2.24) is 4.98 Å². The maximum atomic E-state index is 12.0. The van der Waals surface area contributed by atoms with E-state index < -0.39 is 9.05 Å². The highest BCUT2D eigenvalue weighted by Crippen LogP contribution is 2.27. The summed E-state index contributed by atoms with van der Waals surface area (Å²) in [6, 6.07) is 1.93. The molecule has 1 aliphatic rings. The molecule has 1 aromatic rings. The fourth-order valence-corrected chi connectivity index (χ4v) is 4.12. The van der Waals surface area contributed by atoms with Crippen molar-refractivity contribution in [2.45, 2.75) is 13.3 Å². The van der Waals surface area contributed by atoms with E-state index in [4.69, 9.17) is 10.7 Å². The summed E-state index contributed by atoms with van der Waals surface area (Å²) in [6.45, 7) is 2.22. The SMILES string of the molecule is Cc1cc(I)cnc1N1CC(CS(=O)(=O)Cl)CC1=O. The van der Waals surface area contributed by atoms with Crippen molar-refractivity contribution in [3.05, 3.63) is 21.4 Å². The molecule has 104 valence electrons. The Kier molecular flexibility index (Phi) is 4.36. The molecule has 0 aromatic carbocycles. The Morgan fingerprint density at radius 2 is 2.26 bits per heavy atom. The molecule has 1 unspecified atom stereocenters. The van der Waals surface area contributed by atoms with E-state index in [0.717, 1.165) is 9.13 Å². The number of carbonyl (C=O) groups is 1. The zero-order valence-electron chi connectivity index (χ0n) is 10.1. The Bertz CT molecular complexity index is 620. The van der Waals surface area contributed by atoms with Gasteiger partial charge in [0.2, 0.25) is 15.0 Å². The van der Waals surface area contributed by atoms with Gasteiger partial charge in [0.1, 0.15) is 5.82 Å².